The van der Waals surface area contributed by atoms with E-state index in [2.05, 4.69) is 29.1 Å². The summed E-state index contributed by atoms with van der Waals surface area (Å²) < 4.78 is 0. The van der Waals surface area contributed by atoms with Crippen LogP contribution in [0.2, 0.25) is 0 Å². The summed E-state index contributed by atoms with van der Waals surface area (Å²) in [5, 5.41) is 3.14. The monoisotopic (exact) mass is 382 g/mol. The minimum atomic E-state index is 0. The highest BCUT2D eigenvalue weighted by molar-refractivity contribution is 14.0. The van der Waals surface area contributed by atoms with Crippen molar-refractivity contribution < 1.29 is 4.79 Å². The lowest BCUT2D eigenvalue weighted by molar-refractivity contribution is -0.127. The number of nitrogens with zero attached hydrogens (tertiary/aromatic N) is 3. The van der Waals surface area contributed by atoms with Crippen molar-refractivity contribution in [3.05, 3.63) is 0 Å². The molecule has 1 heterocycles. The van der Waals surface area contributed by atoms with E-state index in [9.17, 15) is 4.79 Å². The Morgan fingerprint density at radius 2 is 2.11 bits per heavy atom. The molecule has 1 aliphatic rings. The van der Waals surface area contributed by atoms with Gasteiger partial charge in [-0.3, -0.25) is 9.79 Å². The van der Waals surface area contributed by atoms with Crippen LogP contribution in [0.15, 0.2) is 4.99 Å². The second kappa shape index (κ2) is 7.91. The molecule has 19 heavy (non-hydrogen) atoms. The van der Waals surface area contributed by atoms with E-state index in [1.165, 1.54) is 12.8 Å². The molecule has 1 atom stereocenters. The third-order valence-electron chi connectivity index (χ3n) is 3.82. The van der Waals surface area contributed by atoms with Crippen LogP contribution in [-0.2, 0) is 4.79 Å². The van der Waals surface area contributed by atoms with Crippen LogP contribution in [0.1, 0.15) is 26.7 Å². The maximum absolute atomic E-state index is 11.6. The number of likely N-dealkylation sites (tertiary alicyclic amines) is 1. The van der Waals surface area contributed by atoms with E-state index >= 15 is 0 Å². The number of halogens is 1. The first kappa shape index (κ1) is 18.5. The predicted octanol–water partition coefficient (Wildman–Crippen LogP) is 1.39. The lowest BCUT2D eigenvalue weighted by Crippen LogP contribution is -2.44. The molecule has 1 aliphatic heterocycles. The van der Waals surface area contributed by atoms with Crippen LogP contribution >= 0.6 is 24.0 Å². The van der Waals surface area contributed by atoms with Crippen LogP contribution < -0.4 is 5.32 Å². The first-order chi connectivity index (χ1) is 8.41. The number of guanidine groups is 1. The molecule has 0 aliphatic carbocycles. The number of likely N-dealkylation sites (N-methyl/N-ethyl adjacent to an activating group) is 1. The number of amides is 1. The van der Waals surface area contributed by atoms with Gasteiger partial charge in [0.2, 0.25) is 5.91 Å². The third-order valence-corrected chi connectivity index (χ3v) is 3.82. The maximum Gasteiger partial charge on any atom is 0.241 e. The standard InChI is InChI=1S/C13H26N4O.HI/c1-6-13(2)7-8-17(10-13)12(14-3)15-9-11(18)16(4)5;/h6-10H2,1-5H3,(H,14,15);1H. The van der Waals surface area contributed by atoms with E-state index in [1.54, 1.807) is 26.0 Å². The quantitative estimate of drug-likeness (QED) is 0.456. The Morgan fingerprint density at radius 3 is 2.53 bits per heavy atom. The summed E-state index contributed by atoms with van der Waals surface area (Å²) in [6.07, 6.45) is 2.36. The fourth-order valence-electron chi connectivity index (χ4n) is 2.14. The van der Waals surface area contributed by atoms with Gasteiger partial charge in [-0.1, -0.05) is 13.8 Å². The number of hydrogen-bond acceptors (Lipinski definition) is 2. The van der Waals surface area contributed by atoms with Crippen molar-refractivity contribution in [2.45, 2.75) is 26.7 Å². The molecule has 0 spiro atoms. The molecular formula is C13H27IN4O. The van der Waals surface area contributed by atoms with Gasteiger partial charge >= 0.3 is 0 Å². The van der Waals surface area contributed by atoms with E-state index in [-0.39, 0.29) is 29.9 Å². The molecule has 0 aromatic heterocycles. The fourth-order valence-corrected chi connectivity index (χ4v) is 2.14. The molecular weight excluding hydrogens is 355 g/mol. The highest BCUT2D eigenvalue weighted by Gasteiger charge is 2.33. The van der Waals surface area contributed by atoms with Gasteiger partial charge in [0.15, 0.2) is 5.96 Å². The third kappa shape index (κ3) is 5.16. The highest BCUT2D eigenvalue weighted by Crippen LogP contribution is 2.32. The number of rotatable bonds is 3. The average Bonchev–Trinajstić information content (AvgIpc) is 2.73. The van der Waals surface area contributed by atoms with Crippen LogP contribution in [0.25, 0.3) is 0 Å². The van der Waals surface area contributed by atoms with Crippen LogP contribution in [0.5, 0.6) is 0 Å². The molecule has 1 rings (SSSR count). The van der Waals surface area contributed by atoms with Crippen molar-refractivity contribution in [3.8, 4) is 0 Å². The zero-order valence-corrected chi connectivity index (χ0v) is 15.0. The van der Waals surface area contributed by atoms with Gasteiger partial charge in [0.25, 0.3) is 0 Å². The molecule has 1 amide bonds. The Labute approximate surface area is 133 Å². The molecule has 1 fully saturated rings. The van der Waals surface area contributed by atoms with E-state index in [0.717, 1.165) is 19.0 Å². The maximum atomic E-state index is 11.6. The number of aliphatic imine (C=N–C) groups is 1. The van der Waals surface area contributed by atoms with Gasteiger partial charge in [-0.05, 0) is 18.3 Å². The van der Waals surface area contributed by atoms with Crippen molar-refractivity contribution in [2.75, 3.05) is 40.8 Å². The fraction of sp³-hybridized carbons (Fsp3) is 0.846. The highest BCUT2D eigenvalue weighted by atomic mass is 127. The first-order valence-electron chi connectivity index (χ1n) is 6.57. The minimum Gasteiger partial charge on any atom is -0.347 e. The second-order valence-electron chi connectivity index (χ2n) is 5.52. The van der Waals surface area contributed by atoms with Crippen LogP contribution in [0, 0.1) is 5.41 Å². The summed E-state index contributed by atoms with van der Waals surface area (Å²) in [6, 6.07) is 0. The van der Waals surface area contributed by atoms with Gasteiger partial charge < -0.3 is 15.1 Å². The summed E-state index contributed by atoms with van der Waals surface area (Å²) >= 11 is 0. The largest absolute Gasteiger partial charge is 0.347 e. The Kier molecular flexibility index (Phi) is 7.69. The number of carbonyl (C=O) groups excluding carboxylic acids is 1. The molecule has 0 bridgehead atoms. The summed E-state index contributed by atoms with van der Waals surface area (Å²) in [7, 11) is 5.29. The van der Waals surface area contributed by atoms with Crippen molar-refractivity contribution in [2.24, 2.45) is 10.4 Å². The predicted molar refractivity (Wildman–Crippen MR) is 90.1 cm³/mol. The van der Waals surface area contributed by atoms with Gasteiger partial charge in [0.05, 0.1) is 6.54 Å². The molecule has 0 aromatic rings. The molecule has 112 valence electrons. The van der Waals surface area contributed by atoms with Crippen LogP contribution in [0.4, 0.5) is 0 Å². The van der Waals surface area contributed by atoms with Gasteiger partial charge in [-0.2, -0.15) is 0 Å². The number of nitrogens with one attached hydrogen (secondary N) is 1. The Hall–Kier alpha value is -0.530. The Balaban J connectivity index is 0.00000324. The van der Waals surface area contributed by atoms with Crippen molar-refractivity contribution >= 4 is 35.8 Å². The van der Waals surface area contributed by atoms with E-state index in [0.29, 0.717) is 12.0 Å². The van der Waals surface area contributed by atoms with Gasteiger partial charge in [-0.25, -0.2) is 0 Å². The summed E-state index contributed by atoms with van der Waals surface area (Å²) in [5.74, 6) is 0.899. The lowest BCUT2D eigenvalue weighted by Gasteiger charge is -2.25. The summed E-state index contributed by atoms with van der Waals surface area (Å²) in [5.41, 5.74) is 0.378. The van der Waals surface area contributed by atoms with Crippen molar-refractivity contribution in [1.82, 2.24) is 15.1 Å². The van der Waals surface area contributed by atoms with Gasteiger partial charge in [0, 0.05) is 34.2 Å². The molecule has 1 N–H and O–H groups in total. The van der Waals surface area contributed by atoms with E-state index in [4.69, 9.17) is 0 Å². The molecule has 1 saturated heterocycles. The molecule has 5 nitrogen and oxygen atoms in total. The molecule has 0 aromatic carbocycles. The van der Waals surface area contributed by atoms with Crippen molar-refractivity contribution in [3.63, 3.8) is 0 Å². The zero-order valence-electron chi connectivity index (χ0n) is 12.7. The smallest absolute Gasteiger partial charge is 0.241 e. The average molecular weight is 382 g/mol. The first-order valence-corrected chi connectivity index (χ1v) is 6.57. The lowest BCUT2D eigenvalue weighted by atomic mass is 9.87. The molecule has 6 heteroatoms. The summed E-state index contributed by atoms with van der Waals surface area (Å²) in [6.45, 7) is 6.87. The number of carbonyl (C=O) groups is 1. The normalized spacial score (nSPS) is 23.0. The van der Waals surface area contributed by atoms with E-state index in [1.807, 2.05) is 0 Å². The van der Waals surface area contributed by atoms with Crippen LogP contribution in [0.3, 0.4) is 0 Å². The van der Waals surface area contributed by atoms with E-state index < -0.39 is 0 Å². The zero-order chi connectivity index (χ0) is 13.8. The second-order valence-corrected chi connectivity index (χ2v) is 5.52. The summed E-state index contributed by atoms with van der Waals surface area (Å²) in [4.78, 5) is 19.6. The minimum absolute atomic E-state index is 0. The Morgan fingerprint density at radius 1 is 1.47 bits per heavy atom. The Bertz CT molecular complexity index is 333. The van der Waals surface area contributed by atoms with Gasteiger partial charge in [-0.15, -0.1) is 24.0 Å². The van der Waals surface area contributed by atoms with Gasteiger partial charge in [0.1, 0.15) is 0 Å². The van der Waals surface area contributed by atoms with Crippen molar-refractivity contribution in [1.29, 1.82) is 0 Å². The van der Waals surface area contributed by atoms with Crippen LogP contribution in [-0.4, -0.2) is 62.4 Å². The number of hydrogen-bond donors (Lipinski definition) is 1. The topological polar surface area (TPSA) is 47.9 Å². The molecule has 0 saturated carbocycles. The molecule has 0 radical (unpaired) electrons. The molecule has 1 unspecified atom stereocenters. The SMILES string of the molecule is CCC1(C)CCN(C(=NC)NCC(=O)N(C)C)C1.I.